The highest BCUT2D eigenvalue weighted by molar-refractivity contribution is 9.10. The Morgan fingerprint density at radius 3 is 3.07 bits per heavy atom. The quantitative estimate of drug-likeness (QED) is 0.770. The Labute approximate surface area is 88.6 Å². The molecule has 0 spiro atoms. The van der Waals surface area contributed by atoms with Gasteiger partial charge in [-0.15, -0.1) is 0 Å². The monoisotopic (exact) mass is 254 g/mol. The number of halogens is 1. The van der Waals surface area contributed by atoms with Gasteiger partial charge in [-0.05, 0) is 22.0 Å². The zero-order valence-electron chi connectivity index (χ0n) is 7.40. The highest BCUT2D eigenvalue weighted by atomic mass is 79.9. The van der Waals surface area contributed by atoms with E-state index in [1.165, 1.54) is 0 Å². The minimum absolute atomic E-state index is 0.387. The minimum Gasteiger partial charge on any atom is -0.497 e. The number of methoxy groups -OCH3 is 1. The van der Waals surface area contributed by atoms with E-state index in [0.717, 1.165) is 0 Å². The van der Waals surface area contributed by atoms with Gasteiger partial charge in [0.05, 0.1) is 7.11 Å². The average molecular weight is 255 g/mol. The van der Waals surface area contributed by atoms with Crippen molar-refractivity contribution in [3.05, 3.63) is 28.6 Å². The molecule has 0 fully saturated rings. The molecule has 0 unspecified atom stereocenters. The normalized spacial score (nSPS) is 10.4. The lowest BCUT2D eigenvalue weighted by atomic mass is 10.4. The third-order valence-electron chi connectivity index (χ3n) is 1.91. The first-order chi connectivity index (χ1) is 6.76. The molecular weight excluding hydrogens is 248 g/mol. The average Bonchev–Trinajstić information content (AvgIpc) is 2.55. The minimum atomic E-state index is 0.387. The van der Waals surface area contributed by atoms with Gasteiger partial charge in [-0.1, -0.05) is 0 Å². The molecule has 2 aromatic heterocycles. The largest absolute Gasteiger partial charge is 0.497 e. The van der Waals surface area contributed by atoms with E-state index in [9.17, 15) is 4.79 Å². The topological polar surface area (TPSA) is 43.6 Å². The van der Waals surface area contributed by atoms with Crippen LogP contribution in [0.2, 0.25) is 0 Å². The lowest BCUT2D eigenvalue weighted by Gasteiger charge is -1.99. The number of carbonyl (C=O) groups excluding carboxylic acids is 1. The van der Waals surface area contributed by atoms with Gasteiger partial charge in [0, 0.05) is 12.3 Å². The first kappa shape index (κ1) is 9.21. The Bertz CT molecular complexity index is 493. The van der Waals surface area contributed by atoms with Crippen molar-refractivity contribution in [2.45, 2.75) is 0 Å². The van der Waals surface area contributed by atoms with Crippen LogP contribution < -0.4 is 4.74 Å². The molecule has 0 atom stereocenters. The number of hydrogen-bond donors (Lipinski definition) is 0. The van der Waals surface area contributed by atoms with E-state index in [0.29, 0.717) is 28.0 Å². The van der Waals surface area contributed by atoms with Crippen molar-refractivity contribution in [3.63, 3.8) is 0 Å². The SMILES string of the molecule is COc1ccn2c(Br)c(C=O)nc2c1. The van der Waals surface area contributed by atoms with Crippen LogP contribution in [-0.2, 0) is 0 Å². The number of nitrogens with zero attached hydrogens (tertiary/aromatic N) is 2. The molecule has 0 aliphatic heterocycles. The van der Waals surface area contributed by atoms with Crippen LogP contribution in [0.15, 0.2) is 22.9 Å². The van der Waals surface area contributed by atoms with Crippen LogP contribution in [0.1, 0.15) is 10.5 Å². The summed E-state index contributed by atoms with van der Waals surface area (Å²) in [4.78, 5) is 14.7. The van der Waals surface area contributed by atoms with Crippen molar-refractivity contribution in [2.75, 3.05) is 7.11 Å². The molecule has 0 aliphatic carbocycles. The standard InChI is InChI=1S/C9H7BrN2O2/c1-14-6-2-3-12-8(4-6)11-7(5-13)9(12)10/h2-5H,1H3. The molecule has 72 valence electrons. The van der Waals surface area contributed by atoms with Crippen LogP contribution >= 0.6 is 15.9 Å². The number of carbonyl (C=O) groups is 1. The number of fused-ring (bicyclic) bond motifs is 1. The molecule has 2 heterocycles. The summed E-state index contributed by atoms with van der Waals surface area (Å²) in [7, 11) is 1.59. The first-order valence-corrected chi connectivity index (χ1v) is 4.72. The molecule has 14 heavy (non-hydrogen) atoms. The Kier molecular flexibility index (Phi) is 2.25. The van der Waals surface area contributed by atoms with Crippen molar-refractivity contribution < 1.29 is 9.53 Å². The van der Waals surface area contributed by atoms with Crippen LogP contribution in [-0.4, -0.2) is 22.8 Å². The van der Waals surface area contributed by atoms with Gasteiger partial charge in [-0.25, -0.2) is 4.98 Å². The number of ether oxygens (including phenoxy) is 1. The summed E-state index contributed by atoms with van der Waals surface area (Å²) in [5.41, 5.74) is 1.07. The van der Waals surface area contributed by atoms with Crippen LogP contribution in [0.25, 0.3) is 5.65 Å². The molecule has 0 aliphatic rings. The summed E-state index contributed by atoms with van der Waals surface area (Å²) in [6.07, 6.45) is 2.50. The summed E-state index contributed by atoms with van der Waals surface area (Å²) in [5.74, 6) is 0.715. The number of imidazole rings is 1. The van der Waals surface area contributed by atoms with Gasteiger partial charge >= 0.3 is 0 Å². The first-order valence-electron chi connectivity index (χ1n) is 3.93. The second kappa shape index (κ2) is 3.42. The Hall–Kier alpha value is -1.36. The Morgan fingerprint density at radius 1 is 1.64 bits per heavy atom. The van der Waals surface area contributed by atoms with Gasteiger partial charge in [0.2, 0.25) is 0 Å². The maximum absolute atomic E-state index is 10.6. The molecule has 0 saturated heterocycles. The molecular formula is C9H7BrN2O2. The maximum Gasteiger partial charge on any atom is 0.171 e. The van der Waals surface area contributed by atoms with Gasteiger partial charge in [0.1, 0.15) is 21.7 Å². The van der Waals surface area contributed by atoms with E-state index in [4.69, 9.17) is 4.74 Å². The number of rotatable bonds is 2. The van der Waals surface area contributed by atoms with Crippen molar-refractivity contribution >= 4 is 27.9 Å². The summed E-state index contributed by atoms with van der Waals surface area (Å²) < 4.78 is 7.48. The van der Waals surface area contributed by atoms with Crippen LogP contribution in [0, 0.1) is 0 Å². The molecule has 0 saturated carbocycles. The van der Waals surface area contributed by atoms with E-state index in [2.05, 4.69) is 20.9 Å². The fourth-order valence-corrected chi connectivity index (χ4v) is 1.70. The molecule has 2 aromatic rings. The second-order valence-electron chi connectivity index (χ2n) is 2.70. The van der Waals surface area contributed by atoms with Crippen molar-refractivity contribution in [3.8, 4) is 5.75 Å². The van der Waals surface area contributed by atoms with Crippen LogP contribution in [0.4, 0.5) is 0 Å². The van der Waals surface area contributed by atoms with E-state index in [1.807, 2.05) is 0 Å². The Morgan fingerprint density at radius 2 is 2.43 bits per heavy atom. The van der Waals surface area contributed by atoms with E-state index < -0.39 is 0 Å². The van der Waals surface area contributed by atoms with Crippen molar-refractivity contribution in [2.24, 2.45) is 0 Å². The molecule has 0 amide bonds. The summed E-state index contributed by atoms with van der Waals surface area (Å²) in [6.45, 7) is 0. The molecule has 4 nitrogen and oxygen atoms in total. The number of pyridine rings is 1. The highest BCUT2D eigenvalue weighted by Crippen LogP contribution is 2.20. The molecule has 0 N–H and O–H groups in total. The van der Waals surface area contributed by atoms with Crippen LogP contribution in [0.3, 0.4) is 0 Å². The number of aldehydes is 1. The van der Waals surface area contributed by atoms with Crippen LogP contribution in [0.5, 0.6) is 5.75 Å². The fraction of sp³-hybridized carbons (Fsp3) is 0.111. The molecule has 2 rings (SSSR count). The zero-order chi connectivity index (χ0) is 10.1. The van der Waals surface area contributed by atoms with E-state index in [1.54, 1.807) is 29.8 Å². The molecule has 0 radical (unpaired) electrons. The summed E-state index contributed by atoms with van der Waals surface area (Å²) >= 11 is 3.29. The predicted octanol–water partition coefficient (Wildman–Crippen LogP) is 1.92. The lowest BCUT2D eigenvalue weighted by molar-refractivity contribution is 0.111. The molecule has 5 heteroatoms. The van der Waals surface area contributed by atoms with Gasteiger partial charge in [0.15, 0.2) is 6.29 Å². The third-order valence-corrected chi connectivity index (χ3v) is 2.70. The second-order valence-corrected chi connectivity index (χ2v) is 3.45. The zero-order valence-corrected chi connectivity index (χ0v) is 8.98. The smallest absolute Gasteiger partial charge is 0.171 e. The predicted molar refractivity (Wildman–Crippen MR) is 54.8 cm³/mol. The van der Waals surface area contributed by atoms with Crippen molar-refractivity contribution in [1.29, 1.82) is 0 Å². The lowest BCUT2D eigenvalue weighted by Crippen LogP contribution is -1.87. The highest BCUT2D eigenvalue weighted by Gasteiger charge is 2.08. The van der Waals surface area contributed by atoms with E-state index >= 15 is 0 Å². The van der Waals surface area contributed by atoms with Gasteiger partial charge in [0.25, 0.3) is 0 Å². The molecule has 0 bridgehead atoms. The summed E-state index contributed by atoms with van der Waals surface area (Å²) in [6, 6.07) is 3.56. The fourth-order valence-electron chi connectivity index (χ4n) is 1.22. The number of hydrogen-bond acceptors (Lipinski definition) is 3. The maximum atomic E-state index is 10.6. The third kappa shape index (κ3) is 1.29. The Balaban J connectivity index is 2.72. The van der Waals surface area contributed by atoms with Gasteiger partial charge < -0.3 is 4.74 Å². The van der Waals surface area contributed by atoms with Gasteiger partial charge in [-0.2, -0.15) is 0 Å². The molecule has 0 aromatic carbocycles. The van der Waals surface area contributed by atoms with Gasteiger partial charge in [-0.3, -0.25) is 9.20 Å². The van der Waals surface area contributed by atoms with E-state index in [-0.39, 0.29) is 0 Å². The number of aromatic nitrogens is 2. The summed E-state index contributed by atoms with van der Waals surface area (Å²) in [5, 5.41) is 0. The van der Waals surface area contributed by atoms with Crippen molar-refractivity contribution in [1.82, 2.24) is 9.38 Å².